The third-order valence-electron chi connectivity index (χ3n) is 4.09. The van der Waals surface area contributed by atoms with E-state index >= 15 is 0 Å². The van der Waals surface area contributed by atoms with E-state index in [9.17, 15) is 4.79 Å². The Hall–Kier alpha value is -1.05. The average Bonchev–Trinajstić information content (AvgIpc) is 2.54. The number of ether oxygens (including phenoxy) is 1. The first-order chi connectivity index (χ1) is 11.2. The van der Waals surface area contributed by atoms with Gasteiger partial charge in [-0.15, -0.1) is 0 Å². The molecule has 2 heteroatoms. The summed E-state index contributed by atoms with van der Waals surface area (Å²) in [5.74, 6) is -0.341. The summed E-state index contributed by atoms with van der Waals surface area (Å²) in [6, 6.07) is 0. The Morgan fingerprint density at radius 1 is 0.826 bits per heavy atom. The predicted octanol–water partition coefficient (Wildman–Crippen LogP) is 7.10. The maximum absolute atomic E-state index is 11.1. The fourth-order valence-electron chi connectivity index (χ4n) is 2.56. The zero-order valence-electron chi connectivity index (χ0n) is 15.6. The molecule has 0 spiro atoms. The molecule has 0 aliphatic carbocycles. The summed E-state index contributed by atoms with van der Waals surface area (Å²) < 4.78 is 4.90. The lowest BCUT2D eigenvalue weighted by atomic mass is 10.0. The summed E-state index contributed by atoms with van der Waals surface area (Å²) in [7, 11) is 0. The van der Waals surface area contributed by atoms with Crippen LogP contribution in [-0.4, -0.2) is 5.97 Å². The van der Waals surface area contributed by atoms with Gasteiger partial charge >= 0.3 is 5.97 Å². The van der Waals surface area contributed by atoms with Gasteiger partial charge in [0.15, 0.2) is 0 Å². The molecule has 0 saturated heterocycles. The van der Waals surface area contributed by atoms with Gasteiger partial charge in [0.05, 0.1) is 6.26 Å². The molecule has 0 aliphatic heterocycles. The van der Waals surface area contributed by atoms with Crippen molar-refractivity contribution in [2.75, 3.05) is 0 Å². The number of carbonyl (C=O) groups is 1. The van der Waals surface area contributed by atoms with Crippen LogP contribution in [0.3, 0.4) is 0 Å². The standard InChI is InChI=1S/C21H38O2/c1-4-5-6-7-8-9-10-11-12-13-14-15-16-17-18-19-23-21(22)20(2)3/h18-19H,2,4-17H2,1,3H3. The van der Waals surface area contributed by atoms with Crippen molar-refractivity contribution in [3.63, 3.8) is 0 Å². The third kappa shape index (κ3) is 17.1. The van der Waals surface area contributed by atoms with Gasteiger partial charge in [0, 0.05) is 5.57 Å². The molecule has 0 aromatic carbocycles. The molecule has 0 aromatic heterocycles. The van der Waals surface area contributed by atoms with Crippen molar-refractivity contribution in [1.82, 2.24) is 0 Å². The van der Waals surface area contributed by atoms with Crippen LogP contribution in [0.1, 0.15) is 104 Å². The highest BCUT2D eigenvalue weighted by atomic mass is 16.5. The summed E-state index contributed by atoms with van der Waals surface area (Å²) in [6.07, 6.45) is 22.3. The van der Waals surface area contributed by atoms with Crippen molar-refractivity contribution in [2.24, 2.45) is 0 Å². The summed E-state index contributed by atoms with van der Waals surface area (Å²) in [6.45, 7) is 7.47. The fourth-order valence-corrected chi connectivity index (χ4v) is 2.56. The lowest BCUT2D eigenvalue weighted by Crippen LogP contribution is -1.98. The second kappa shape index (κ2) is 17.3. The van der Waals surface area contributed by atoms with Crippen molar-refractivity contribution >= 4 is 5.97 Å². The number of hydrogen-bond donors (Lipinski definition) is 0. The SMILES string of the molecule is C=C(C)C(=O)OC=CCCCCCCCCCCCCCCC. The predicted molar refractivity (Wildman–Crippen MR) is 100 cm³/mol. The van der Waals surface area contributed by atoms with Gasteiger partial charge in [0.25, 0.3) is 0 Å². The zero-order chi connectivity index (χ0) is 17.2. The number of carbonyl (C=O) groups excluding carboxylic acids is 1. The molecule has 0 amide bonds. The Kier molecular flexibility index (Phi) is 16.5. The number of rotatable bonds is 16. The summed E-state index contributed by atoms with van der Waals surface area (Å²) in [5, 5.41) is 0. The van der Waals surface area contributed by atoms with E-state index in [2.05, 4.69) is 13.5 Å². The van der Waals surface area contributed by atoms with Crippen LogP contribution in [0.25, 0.3) is 0 Å². The van der Waals surface area contributed by atoms with Crippen LogP contribution in [0.15, 0.2) is 24.5 Å². The van der Waals surface area contributed by atoms with Crippen LogP contribution < -0.4 is 0 Å². The van der Waals surface area contributed by atoms with E-state index in [1.54, 1.807) is 6.92 Å². The van der Waals surface area contributed by atoms with Crippen molar-refractivity contribution < 1.29 is 9.53 Å². The van der Waals surface area contributed by atoms with Crippen LogP contribution in [0.4, 0.5) is 0 Å². The van der Waals surface area contributed by atoms with E-state index in [1.165, 1.54) is 89.7 Å². The Labute approximate surface area is 144 Å². The van der Waals surface area contributed by atoms with Gasteiger partial charge in [0.2, 0.25) is 0 Å². The molecule has 134 valence electrons. The molecule has 2 nitrogen and oxygen atoms in total. The molecule has 0 atom stereocenters. The maximum Gasteiger partial charge on any atom is 0.337 e. The lowest BCUT2D eigenvalue weighted by molar-refractivity contribution is -0.133. The van der Waals surface area contributed by atoms with Gasteiger partial charge < -0.3 is 4.74 Å². The summed E-state index contributed by atoms with van der Waals surface area (Å²) >= 11 is 0. The van der Waals surface area contributed by atoms with Crippen LogP contribution in [0, 0.1) is 0 Å². The summed E-state index contributed by atoms with van der Waals surface area (Å²) in [5.41, 5.74) is 0.440. The highest BCUT2D eigenvalue weighted by molar-refractivity contribution is 5.87. The van der Waals surface area contributed by atoms with Gasteiger partial charge in [-0.3, -0.25) is 0 Å². The number of unbranched alkanes of at least 4 members (excludes halogenated alkanes) is 13. The van der Waals surface area contributed by atoms with Crippen molar-refractivity contribution in [3.05, 3.63) is 24.5 Å². The van der Waals surface area contributed by atoms with Crippen LogP contribution >= 0.6 is 0 Å². The second-order valence-electron chi connectivity index (χ2n) is 6.59. The molecule has 0 heterocycles. The van der Waals surface area contributed by atoms with Gasteiger partial charge in [-0.2, -0.15) is 0 Å². The molecule has 0 N–H and O–H groups in total. The Balaban J connectivity index is 3.15. The fraction of sp³-hybridized carbons (Fsp3) is 0.762. The van der Waals surface area contributed by atoms with Crippen LogP contribution in [-0.2, 0) is 9.53 Å². The van der Waals surface area contributed by atoms with Gasteiger partial charge in [-0.05, 0) is 25.8 Å². The van der Waals surface area contributed by atoms with Gasteiger partial charge in [-0.25, -0.2) is 4.79 Å². The highest BCUT2D eigenvalue weighted by Crippen LogP contribution is 2.13. The highest BCUT2D eigenvalue weighted by Gasteiger charge is 1.98. The van der Waals surface area contributed by atoms with Crippen LogP contribution in [0.2, 0.25) is 0 Å². The smallest absolute Gasteiger partial charge is 0.337 e. The molecule has 0 aromatic rings. The first-order valence-corrected chi connectivity index (χ1v) is 9.70. The summed E-state index contributed by atoms with van der Waals surface area (Å²) in [4.78, 5) is 11.1. The molecule has 0 rings (SSSR count). The minimum atomic E-state index is -0.341. The maximum atomic E-state index is 11.1. The molecular weight excluding hydrogens is 284 g/mol. The van der Waals surface area contributed by atoms with E-state index < -0.39 is 0 Å². The van der Waals surface area contributed by atoms with E-state index in [0.29, 0.717) is 5.57 Å². The van der Waals surface area contributed by atoms with E-state index in [-0.39, 0.29) is 5.97 Å². The normalized spacial score (nSPS) is 11.0. The van der Waals surface area contributed by atoms with E-state index in [4.69, 9.17) is 4.74 Å². The Morgan fingerprint density at radius 2 is 1.26 bits per heavy atom. The topological polar surface area (TPSA) is 26.3 Å². The molecule has 23 heavy (non-hydrogen) atoms. The minimum absolute atomic E-state index is 0.341. The number of hydrogen-bond acceptors (Lipinski definition) is 2. The first-order valence-electron chi connectivity index (χ1n) is 9.70. The Morgan fingerprint density at radius 3 is 1.70 bits per heavy atom. The van der Waals surface area contributed by atoms with Crippen molar-refractivity contribution in [3.8, 4) is 0 Å². The monoisotopic (exact) mass is 322 g/mol. The molecule has 0 bridgehead atoms. The Bertz CT molecular complexity index is 318. The minimum Gasteiger partial charge on any atom is -0.431 e. The largest absolute Gasteiger partial charge is 0.431 e. The average molecular weight is 323 g/mol. The van der Waals surface area contributed by atoms with Gasteiger partial charge in [-0.1, -0.05) is 90.6 Å². The molecular formula is C21H38O2. The van der Waals surface area contributed by atoms with E-state index in [0.717, 1.165) is 6.42 Å². The van der Waals surface area contributed by atoms with Crippen LogP contribution in [0.5, 0.6) is 0 Å². The van der Waals surface area contributed by atoms with Gasteiger partial charge in [0.1, 0.15) is 0 Å². The van der Waals surface area contributed by atoms with Crippen molar-refractivity contribution in [1.29, 1.82) is 0 Å². The number of esters is 1. The third-order valence-corrected chi connectivity index (χ3v) is 4.09. The lowest BCUT2D eigenvalue weighted by Gasteiger charge is -2.02. The molecule has 0 saturated carbocycles. The first kappa shape index (κ1) is 21.9. The zero-order valence-corrected chi connectivity index (χ0v) is 15.6. The molecule has 0 aliphatic rings. The number of allylic oxidation sites excluding steroid dienone is 1. The van der Waals surface area contributed by atoms with Crippen molar-refractivity contribution in [2.45, 2.75) is 104 Å². The molecule has 0 radical (unpaired) electrons. The molecule has 0 unspecified atom stereocenters. The molecule has 0 fully saturated rings. The van der Waals surface area contributed by atoms with E-state index in [1.807, 2.05) is 6.08 Å². The quantitative estimate of drug-likeness (QED) is 0.131. The second-order valence-corrected chi connectivity index (χ2v) is 6.59.